The Kier molecular flexibility index (Phi) is 6.77. The molecular formula is C10H19NOS. The summed E-state index contributed by atoms with van der Waals surface area (Å²) in [6, 6.07) is 0. The van der Waals surface area contributed by atoms with Gasteiger partial charge in [0, 0.05) is 12.1 Å². The Hall–Kier alpha value is -0.440. The van der Waals surface area contributed by atoms with Crippen molar-refractivity contribution in [1.29, 1.82) is 0 Å². The van der Waals surface area contributed by atoms with Crippen LogP contribution in [-0.2, 0) is 4.79 Å². The SMILES string of the molecule is C=C(C)C(=O)NCCCSC(C)C. The second-order valence-corrected chi connectivity index (χ2v) is 4.99. The Balaban J connectivity index is 3.26. The number of hydrogen-bond acceptors (Lipinski definition) is 2. The summed E-state index contributed by atoms with van der Waals surface area (Å²) < 4.78 is 0. The standard InChI is InChI=1S/C10H19NOS/c1-8(2)10(12)11-6-5-7-13-9(3)4/h9H,1,5-7H2,2-4H3,(H,11,12). The first-order valence-corrected chi connectivity index (χ1v) is 5.64. The molecule has 0 saturated carbocycles. The van der Waals surface area contributed by atoms with Crippen LogP contribution in [0.25, 0.3) is 0 Å². The minimum Gasteiger partial charge on any atom is -0.352 e. The van der Waals surface area contributed by atoms with Gasteiger partial charge in [0.05, 0.1) is 0 Å². The lowest BCUT2D eigenvalue weighted by Gasteiger charge is -2.05. The molecule has 3 heteroatoms. The quantitative estimate of drug-likeness (QED) is 0.527. The van der Waals surface area contributed by atoms with Crippen LogP contribution in [-0.4, -0.2) is 23.5 Å². The minimum absolute atomic E-state index is 0.0328. The summed E-state index contributed by atoms with van der Waals surface area (Å²) in [5, 5.41) is 3.48. The van der Waals surface area contributed by atoms with E-state index in [4.69, 9.17) is 0 Å². The van der Waals surface area contributed by atoms with Gasteiger partial charge in [0.2, 0.25) is 5.91 Å². The number of carbonyl (C=O) groups is 1. The van der Waals surface area contributed by atoms with Gasteiger partial charge in [0.1, 0.15) is 0 Å². The van der Waals surface area contributed by atoms with Crippen molar-refractivity contribution < 1.29 is 4.79 Å². The lowest BCUT2D eigenvalue weighted by Crippen LogP contribution is -2.25. The van der Waals surface area contributed by atoms with Crippen molar-refractivity contribution in [3.8, 4) is 0 Å². The van der Waals surface area contributed by atoms with E-state index >= 15 is 0 Å². The number of rotatable bonds is 6. The number of thioether (sulfide) groups is 1. The predicted octanol–water partition coefficient (Wildman–Crippen LogP) is 2.21. The number of amides is 1. The van der Waals surface area contributed by atoms with Crippen LogP contribution in [0.15, 0.2) is 12.2 Å². The van der Waals surface area contributed by atoms with Crippen LogP contribution < -0.4 is 5.32 Å². The van der Waals surface area contributed by atoms with Crippen LogP contribution in [0, 0.1) is 0 Å². The van der Waals surface area contributed by atoms with E-state index < -0.39 is 0 Å². The molecule has 0 bridgehead atoms. The molecule has 0 atom stereocenters. The summed E-state index contributed by atoms with van der Waals surface area (Å²) in [6.45, 7) is 10.4. The molecule has 1 N–H and O–H groups in total. The van der Waals surface area contributed by atoms with E-state index in [1.807, 2.05) is 11.8 Å². The van der Waals surface area contributed by atoms with E-state index in [0.29, 0.717) is 10.8 Å². The molecule has 0 aromatic heterocycles. The molecule has 0 aliphatic rings. The Morgan fingerprint density at radius 1 is 1.54 bits per heavy atom. The lowest BCUT2D eigenvalue weighted by atomic mass is 10.3. The molecule has 0 rings (SSSR count). The molecule has 0 fully saturated rings. The highest BCUT2D eigenvalue weighted by atomic mass is 32.2. The second-order valence-electron chi connectivity index (χ2n) is 3.31. The summed E-state index contributed by atoms with van der Waals surface area (Å²) in [5.74, 6) is 1.07. The van der Waals surface area contributed by atoms with Gasteiger partial charge in [-0.3, -0.25) is 4.79 Å². The topological polar surface area (TPSA) is 29.1 Å². The van der Waals surface area contributed by atoms with Gasteiger partial charge in [-0.25, -0.2) is 0 Å². The number of carbonyl (C=O) groups excluding carboxylic acids is 1. The molecule has 0 aliphatic carbocycles. The third-order valence-electron chi connectivity index (χ3n) is 1.45. The zero-order chi connectivity index (χ0) is 10.3. The zero-order valence-corrected chi connectivity index (χ0v) is 9.54. The Labute approximate surface area is 85.2 Å². The van der Waals surface area contributed by atoms with Crippen molar-refractivity contribution in [3.05, 3.63) is 12.2 Å². The highest BCUT2D eigenvalue weighted by molar-refractivity contribution is 7.99. The zero-order valence-electron chi connectivity index (χ0n) is 8.72. The smallest absolute Gasteiger partial charge is 0.246 e. The average molecular weight is 201 g/mol. The second kappa shape index (κ2) is 7.01. The van der Waals surface area contributed by atoms with E-state index in [0.717, 1.165) is 18.7 Å². The van der Waals surface area contributed by atoms with Gasteiger partial charge in [0.25, 0.3) is 0 Å². The fraction of sp³-hybridized carbons (Fsp3) is 0.700. The van der Waals surface area contributed by atoms with E-state index in [-0.39, 0.29) is 5.91 Å². The van der Waals surface area contributed by atoms with Crippen molar-refractivity contribution >= 4 is 17.7 Å². The molecule has 76 valence electrons. The van der Waals surface area contributed by atoms with Crippen LogP contribution in [0.3, 0.4) is 0 Å². The van der Waals surface area contributed by atoms with Gasteiger partial charge in [-0.15, -0.1) is 0 Å². The van der Waals surface area contributed by atoms with Crippen molar-refractivity contribution in [2.75, 3.05) is 12.3 Å². The largest absolute Gasteiger partial charge is 0.352 e. The molecule has 0 aromatic carbocycles. The van der Waals surface area contributed by atoms with Gasteiger partial charge in [-0.2, -0.15) is 11.8 Å². The maximum atomic E-state index is 11.0. The first-order valence-electron chi connectivity index (χ1n) is 4.59. The molecular weight excluding hydrogens is 182 g/mol. The Morgan fingerprint density at radius 3 is 2.62 bits per heavy atom. The van der Waals surface area contributed by atoms with Crippen molar-refractivity contribution in [3.63, 3.8) is 0 Å². The van der Waals surface area contributed by atoms with Gasteiger partial charge in [0.15, 0.2) is 0 Å². The van der Waals surface area contributed by atoms with Gasteiger partial charge in [-0.05, 0) is 24.3 Å². The highest BCUT2D eigenvalue weighted by Crippen LogP contribution is 2.09. The Bertz CT molecular complexity index is 178. The normalized spacial score (nSPS) is 10.2. The summed E-state index contributed by atoms with van der Waals surface area (Å²) in [6.07, 6.45) is 1.03. The summed E-state index contributed by atoms with van der Waals surface area (Å²) in [4.78, 5) is 11.0. The van der Waals surface area contributed by atoms with E-state index in [9.17, 15) is 4.79 Å². The van der Waals surface area contributed by atoms with Crippen LogP contribution in [0.1, 0.15) is 27.2 Å². The Morgan fingerprint density at radius 2 is 2.15 bits per heavy atom. The molecule has 0 aliphatic heterocycles. The van der Waals surface area contributed by atoms with Crippen LogP contribution in [0.5, 0.6) is 0 Å². The average Bonchev–Trinajstić information content (AvgIpc) is 2.02. The van der Waals surface area contributed by atoms with Crippen LogP contribution in [0.4, 0.5) is 0 Å². The molecule has 13 heavy (non-hydrogen) atoms. The third-order valence-corrected chi connectivity index (χ3v) is 2.64. The number of hydrogen-bond donors (Lipinski definition) is 1. The van der Waals surface area contributed by atoms with Crippen molar-refractivity contribution in [2.24, 2.45) is 0 Å². The maximum Gasteiger partial charge on any atom is 0.246 e. The first-order chi connectivity index (χ1) is 6.04. The predicted molar refractivity (Wildman–Crippen MR) is 60.0 cm³/mol. The van der Waals surface area contributed by atoms with E-state index in [1.165, 1.54) is 0 Å². The van der Waals surface area contributed by atoms with Gasteiger partial charge < -0.3 is 5.32 Å². The van der Waals surface area contributed by atoms with Crippen molar-refractivity contribution in [1.82, 2.24) is 5.32 Å². The summed E-state index contributed by atoms with van der Waals surface area (Å²) in [7, 11) is 0. The number of nitrogens with one attached hydrogen (secondary N) is 1. The first kappa shape index (κ1) is 12.6. The summed E-state index contributed by atoms with van der Waals surface area (Å²) >= 11 is 1.92. The monoisotopic (exact) mass is 201 g/mol. The summed E-state index contributed by atoms with van der Waals surface area (Å²) in [5.41, 5.74) is 0.580. The fourth-order valence-corrected chi connectivity index (χ4v) is 1.53. The third kappa shape index (κ3) is 7.91. The molecule has 2 nitrogen and oxygen atoms in total. The minimum atomic E-state index is -0.0328. The molecule has 1 amide bonds. The van der Waals surface area contributed by atoms with Crippen LogP contribution >= 0.6 is 11.8 Å². The van der Waals surface area contributed by atoms with E-state index in [2.05, 4.69) is 25.7 Å². The van der Waals surface area contributed by atoms with Crippen molar-refractivity contribution in [2.45, 2.75) is 32.4 Å². The molecule has 0 radical (unpaired) electrons. The highest BCUT2D eigenvalue weighted by Gasteiger charge is 1.99. The molecule has 0 aromatic rings. The van der Waals surface area contributed by atoms with Crippen LogP contribution in [0.2, 0.25) is 0 Å². The maximum absolute atomic E-state index is 11.0. The molecule has 0 unspecified atom stereocenters. The van der Waals surface area contributed by atoms with E-state index in [1.54, 1.807) is 6.92 Å². The van der Waals surface area contributed by atoms with Gasteiger partial charge >= 0.3 is 0 Å². The molecule has 0 saturated heterocycles. The van der Waals surface area contributed by atoms with Gasteiger partial charge in [-0.1, -0.05) is 20.4 Å². The molecule has 0 heterocycles. The molecule has 0 spiro atoms. The fourth-order valence-electron chi connectivity index (χ4n) is 0.744. The lowest BCUT2D eigenvalue weighted by molar-refractivity contribution is -0.117.